The molecule has 18 heavy (non-hydrogen) atoms. The molecule has 1 aromatic heterocycles. The molecule has 0 amide bonds. The summed E-state index contributed by atoms with van der Waals surface area (Å²) >= 11 is 0. The maximum atomic E-state index is 5.81. The molecule has 1 fully saturated rings. The van der Waals surface area contributed by atoms with Gasteiger partial charge in [-0.25, -0.2) is 4.68 Å². The molecule has 0 aromatic carbocycles. The molecule has 102 valence electrons. The summed E-state index contributed by atoms with van der Waals surface area (Å²) in [5.74, 6) is 0.522. The number of nitrogens with one attached hydrogen (secondary N) is 1. The SMILES string of the molecule is CCCn1nncc1C(NC)C1CCOC1CC. The lowest BCUT2D eigenvalue weighted by molar-refractivity contribution is 0.0772. The van der Waals surface area contributed by atoms with Crippen molar-refractivity contribution in [3.63, 3.8) is 0 Å². The maximum absolute atomic E-state index is 5.81. The first-order valence-corrected chi connectivity index (χ1v) is 6.99. The van der Waals surface area contributed by atoms with Crippen molar-refractivity contribution in [1.29, 1.82) is 0 Å². The normalized spacial score (nSPS) is 25.5. The molecule has 0 radical (unpaired) electrons. The van der Waals surface area contributed by atoms with Gasteiger partial charge in [0.05, 0.1) is 24.0 Å². The molecule has 3 atom stereocenters. The van der Waals surface area contributed by atoms with E-state index < -0.39 is 0 Å². The molecule has 2 rings (SSSR count). The van der Waals surface area contributed by atoms with Crippen LogP contribution in [0, 0.1) is 5.92 Å². The van der Waals surface area contributed by atoms with Crippen molar-refractivity contribution >= 4 is 0 Å². The Balaban J connectivity index is 2.19. The zero-order valence-electron chi connectivity index (χ0n) is 11.6. The van der Waals surface area contributed by atoms with Gasteiger partial charge in [-0.1, -0.05) is 19.1 Å². The minimum absolute atomic E-state index is 0.291. The van der Waals surface area contributed by atoms with Crippen LogP contribution in [-0.2, 0) is 11.3 Å². The van der Waals surface area contributed by atoms with Gasteiger partial charge in [-0.3, -0.25) is 0 Å². The largest absolute Gasteiger partial charge is 0.378 e. The van der Waals surface area contributed by atoms with Crippen LogP contribution in [-0.4, -0.2) is 34.8 Å². The van der Waals surface area contributed by atoms with Crippen molar-refractivity contribution in [2.45, 2.75) is 51.8 Å². The molecule has 0 bridgehead atoms. The minimum atomic E-state index is 0.291. The van der Waals surface area contributed by atoms with Gasteiger partial charge in [0.15, 0.2) is 0 Å². The van der Waals surface area contributed by atoms with Crippen molar-refractivity contribution in [3.05, 3.63) is 11.9 Å². The van der Waals surface area contributed by atoms with Crippen molar-refractivity contribution in [2.24, 2.45) is 5.92 Å². The van der Waals surface area contributed by atoms with Crippen molar-refractivity contribution in [2.75, 3.05) is 13.7 Å². The summed E-state index contributed by atoms with van der Waals surface area (Å²) in [6.07, 6.45) is 5.50. The predicted octanol–water partition coefficient (Wildman–Crippen LogP) is 1.76. The number of aromatic nitrogens is 3. The van der Waals surface area contributed by atoms with Gasteiger partial charge in [0, 0.05) is 19.1 Å². The molecule has 2 heterocycles. The Bertz CT molecular complexity index is 366. The topological polar surface area (TPSA) is 52.0 Å². The van der Waals surface area contributed by atoms with Gasteiger partial charge < -0.3 is 10.1 Å². The molecule has 5 nitrogen and oxygen atoms in total. The molecule has 1 aliphatic rings. The van der Waals surface area contributed by atoms with E-state index in [9.17, 15) is 0 Å². The molecular weight excluding hydrogens is 228 g/mol. The molecule has 0 aliphatic carbocycles. The average molecular weight is 252 g/mol. The molecular formula is C13H24N4O. The van der Waals surface area contributed by atoms with E-state index in [1.807, 2.05) is 17.9 Å². The fourth-order valence-electron chi connectivity index (χ4n) is 2.94. The lowest BCUT2D eigenvalue weighted by atomic mass is 9.89. The smallest absolute Gasteiger partial charge is 0.0760 e. The van der Waals surface area contributed by atoms with Crippen LogP contribution in [0.4, 0.5) is 0 Å². The Morgan fingerprint density at radius 2 is 2.39 bits per heavy atom. The van der Waals surface area contributed by atoms with Crippen LogP contribution in [0.3, 0.4) is 0 Å². The lowest BCUT2D eigenvalue weighted by Crippen LogP contribution is -2.32. The Morgan fingerprint density at radius 1 is 1.56 bits per heavy atom. The monoisotopic (exact) mass is 252 g/mol. The number of ether oxygens (including phenoxy) is 1. The third kappa shape index (κ3) is 2.57. The van der Waals surface area contributed by atoms with Gasteiger partial charge in [0.1, 0.15) is 0 Å². The van der Waals surface area contributed by atoms with Gasteiger partial charge in [0.25, 0.3) is 0 Å². The first-order chi connectivity index (χ1) is 8.81. The van der Waals surface area contributed by atoms with Gasteiger partial charge in [0.2, 0.25) is 0 Å². The maximum Gasteiger partial charge on any atom is 0.0760 e. The second-order valence-corrected chi connectivity index (χ2v) is 4.92. The van der Waals surface area contributed by atoms with Crippen LogP contribution in [0.15, 0.2) is 6.20 Å². The highest BCUT2D eigenvalue weighted by atomic mass is 16.5. The molecule has 1 saturated heterocycles. The molecule has 1 N–H and O–H groups in total. The molecule has 1 aromatic rings. The van der Waals surface area contributed by atoms with Crippen LogP contribution >= 0.6 is 0 Å². The Labute approximate surface area is 109 Å². The van der Waals surface area contributed by atoms with Crippen LogP contribution in [0.1, 0.15) is 44.8 Å². The molecule has 1 aliphatic heterocycles. The fourth-order valence-corrected chi connectivity index (χ4v) is 2.94. The summed E-state index contributed by atoms with van der Waals surface area (Å²) < 4.78 is 7.83. The zero-order chi connectivity index (χ0) is 13.0. The van der Waals surface area contributed by atoms with Crippen LogP contribution < -0.4 is 5.32 Å². The third-order valence-corrected chi connectivity index (χ3v) is 3.80. The van der Waals surface area contributed by atoms with E-state index in [1.165, 1.54) is 5.69 Å². The second-order valence-electron chi connectivity index (χ2n) is 4.92. The van der Waals surface area contributed by atoms with E-state index in [0.717, 1.165) is 32.4 Å². The van der Waals surface area contributed by atoms with Crippen molar-refractivity contribution in [3.8, 4) is 0 Å². The highest BCUT2D eigenvalue weighted by Crippen LogP contribution is 2.34. The predicted molar refractivity (Wildman–Crippen MR) is 70.3 cm³/mol. The Hall–Kier alpha value is -0.940. The van der Waals surface area contributed by atoms with E-state index in [4.69, 9.17) is 4.74 Å². The summed E-state index contributed by atoms with van der Waals surface area (Å²) in [5.41, 5.74) is 1.19. The Kier molecular flexibility index (Phi) is 4.72. The van der Waals surface area contributed by atoms with Crippen LogP contribution in [0.25, 0.3) is 0 Å². The Morgan fingerprint density at radius 3 is 3.06 bits per heavy atom. The van der Waals surface area contributed by atoms with E-state index in [0.29, 0.717) is 18.1 Å². The van der Waals surface area contributed by atoms with E-state index >= 15 is 0 Å². The van der Waals surface area contributed by atoms with E-state index in [2.05, 4.69) is 29.5 Å². The summed E-state index contributed by atoms with van der Waals surface area (Å²) in [4.78, 5) is 0. The van der Waals surface area contributed by atoms with Crippen molar-refractivity contribution in [1.82, 2.24) is 20.3 Å². The first kappa shape index (κ1) is 13.5. The zero-order valence-corrected chi connectivity index (χ0v) is 11.6. The van der Waals surface area contributed by atoms with Gasteiger partial charge in [-0.2, -0.15) is 0 Å². The molecule has 0 saturated carbocycles. The first-order valence-electron chi connectivity index (χ1n) is 6.99. The summed E-state index contributed by atoms with van der Waals surface area (Å²) in [7, 11) is 2.01. The average Bonchev–Trinajstić information content (AvgIpc) is 3.01. The van der Waals surface area contributed by atoms with Gasteiger partial charge in [-0.05, 0) is 26.3 Å². The summed E-state index contributed by atoms with van der Waals surface area (Å²) in [6.45, 7) is 6.15. The minimum Gasteiger partial charge on any atom is -0.378 e. The highest BCUT2D eigenvalue weighted by molar-refractivity contribution is 5.06. The van der Waals surface area contributed by atoms with Crippen molar-refractivity contribution < 1.29 is 4.74 Å². The van der Waals surface area contributed by atoms with Gasteiger partial charge >= 0.3 is 0 Å². The van der Waals surface area contributed by atoms with E-state index in [1.54, 1.807) is 0 Å². The number of rotatable bonds is 6. The third-order valence-electron chi connectivity index (χ3n) is 3.80. The van der Waals surface area contributed by atoms with Gasteiger partial charge in [-0.15, -0.1) is 5.10 Å². The fraction of sp³-hybridized carbons (Fsp3) is 0.846. The standard InChI is InChI=1S/C13H24N4O/c1-4-7-17-11(9-15-16-17)13(14-3)10-6-8-18-12(10)5-2/h9-10,12-14H,4-8H2,1-3H3. The summed E-state index contributed by atoms with van der Waals surface area (Å²) in [5, 5.41) is 11.7. The quantitative estimate of drug-likeness (QED) is 0.838. The van der Waals surface area contributed by atoms with Crippen LogP contribution in [0.5, 0.6) is 0 Å². The molecule has 5 heteroatoms. The highest BCUT2D eigenvalue weighted by Gasteiger charge is 2.35. The number of hydrogen-bond acceptors (Lipinski definition) is 4. The molecule has 3 unspecified atom stereocenters. The second kappa shape index (κ2) is 6.29. The number of aryl methyl sites for hydroxylation is 1. The number of hydrogen-bond donors (Lipinski definition) is 1. The van der Waals surface area contributed by atoms with E-state index in [-0.39, 0.29) is 0 Å². The van der Waals surface area contributed by atoms with Crippen LogP contribution in [0.2, 0.25) is 0 Å². The number of nitrogens with zero attached hydrogens (tertiary/aromatic N) is 3. The lowest BCUT2D eigenvalue weighted by Gasteiger charge is -2.26. The summed E-state index contributed by atoms with van der Waals surface area (Å²) in [6, 6.07) is 0.291. The molecule has 0 spiro atoms.